The maximum absolute atomic E-state index is 12.7. The molecular weight excluding hydrogens is 366 g/mol. The first-order valence-corrected chi connectivity index (χ1v) is 8.96. The number of amides is 2. The molecule has 2 amide bonds. The third-order valence-corrected chi connectivity index (χ3v) is 4.59. The maximum Gasteiger partial charge on any atom is 0.337 e. The fourth-order valence-electron chi connectivity index (χ4n) is 2.93. The highest BCUT2D eigenvalue weighted by Gasteiger charge is 2.35. The summed E-state index contributed by atoms with van der Waals surface area (Å²) in [5, 5.41) is 15.0. The number of rotatable bonds is 8. The van der Waals surface area contributed by atoms with Gasteiger partial charge in [-0.15, -0.1) is 0 Å². The predicted molar refractivity (Wildman–Crippen MR) is 99.8 cm³/mol. The molecule has 1 heterocycles. The molecule has 3 rings (SSSR count). The van der Waals surface area contributed by atoms with Crippen LogP contribution in [0.15, 0.2) is 29.5 Å². The molecule has 1 aromatic rings. The number of esters is 1. The molecule has 0 bridgehead atoms. The monoisotopic (exact) mass is 389 g/mol. The van der Waals surface area contributed by atoms with Gasteiger partial charge in [-0.05, 0) is 31.0 Å². The first-order valence-electron chi connectivity index (χ1n) is 8.96. The zero-order chi connectivity index (χ0) is 20.3. The van der Waals surface area contributed by atoms with Crippen LogP contribution < -0.4 is 15.4 Å². The second-order valence-corrected chi connectivity index (χ2v) is 6.58. The molecule has 0 atom stereocenters. The van der Waals surface area contributed by atoms with E-state index >= 15 is 0 Å². The van der Waals surface area contributed by atoms with Gasteiger partial charge < -0.3 is 30.1 Å². The first-order chi connectivity index (χ1) is 13.5. The van der Waals surface area contributed by atoms with E-state index < -0.39 is 11.9 Å². The van der Waals surface area contributed by atoms with Gasteiger partial charge in [0.2, 0.25) is 0 Å². The molecule has 150 valence electrons. The number of hydrogen-bond acceptors (Lipinski definition) is 7. The Balaban J connectivity index is 1.91. The molecule has 0 saturated heterocycles. The summed E-state index contributed by atoms with van der Waals surface area (Å²) in [4.78, 5) is 38.5. The molecule has 1 aliphatic heterocycles. The van der Waals surface area contributed by atoms with Crippen LogP contribution in [0.1, 0.15) is 23.2 Å². The molecule has 28 heavy (non-hydrogen) atoms. The zero-order valence-electron chi connectivity index (χ0n) is 15.8. The highest BCUT2D eigenvalue weighted by atomic mass is 16.5. The van der Waals surface area contributed by atoms with E-state index in [1.165, 1.54) is 19.1 Å². The molecule has 0 radical (unpaired) electrons. The van der Waals surface area contributed by atoms with E-state index in [4.69, 9.17) is 14.6 Å². The molecule has 1 aromatic carbocycles. The van der Waals surface area contributed by atoms with Crippen LogP contribution in [-0.2, 0) is 14.3 Å². The maximum atomic E-state index is 12.7. The van der Waals surface area contributed by atoms with Crippen molar-refractivity contribution in [3.8, 4) is 5.75 Å². The van der Waals surface area contributed by atoms with Crippen LogP contribution in [0.25, 0.3) is 0 Å². The molecule has 0 spiro atoms. The van der Waals surface area contributed by atoms with Crippen molar-refractivity contribution in [2.75, 3.05) is 39.2 Å². The number of carbonyl (C=O) groups is 3. The van der Waals surface area contributed by atoms with E-state index in [1.807, 2.05) is 0 Å². The number of anilines is 1. The van der Waals surface area contributed by atoms with Crippen molar-refractivity contribution in [1.29, 1.82) is 0 Å². The van der Waals surface area contributed by atoms with Crippen LogP contribution in [0.3, 0.4) is 0 Å². The van der Waals surface area contributed by atoms with Gasteiger partial charge in [-0.25, -0.2) is 4.79 Å². The molecule has 9 nitrogen and oxygen atoms in total. The summed E-state index contributed by atoms with van der Waals surface area (Å²) in [5.41, 5.74) is 0.976. The lowest BCUT2D eigenvalue weighted by Crippen LogP contribution is -2.31. The lowest BCUT2D eigenvalue weighted by Gasteiger charge is -2.16. The number of nitrogens with zero attached hydrogens (tertiary/aromatic N) is 1. The summed E-state index contributed by atoms with van der Waals surface area (Å²) in [6, 6.07) is 5.03. The molecule has 1 aliphatic carbocycles. The number of hydrogen-bond donors (Lipinski definition) is 3. The summed E-state index contributed by atoms with van der Waals surface area (Å²) in [5.74, 6) is -0.884. The lowest BCUT2D eigenvalue weighted by atomic mass is 10.1. The fourth-order valence-corrected chi connectivity index (χ4v) is 2.93. The smallest absolute Gasteiger partial charge is 0.337 e. The van der Waals surface area contributed by atoms with Crippen molar-refractivity contribution < 1.29 is 29.0 Å². The van der Waals surface area contributed by atoms with Crippen molar-refractivity contribution in [2.24, 2.45) is 0 Å². The molecule has 2 aliphatic rings. The predicted octanol–water partition coefficient (Wildman–Crippen LogP) is 0.261. The molecule has 3 N–H and O–H groups in total. The summed E-state index contributed by atoms with van der Waals surface area (Å²) in [6.45, 7) is -0.113. The van der Waals surface area contributed by atoms with E-state index in [-0.39, 0.29) is 42.9 Å². The fraction of sp³-hybridized carbons (Fsp3) is 0.421. The van der Waals surface area contributed by atoms with Gasteiger partial charge >= 0.3 is 5.97 Å². The summed E-state index contributed by atoms with van der Waals surface area (Å²) >= 11 is 0. The lowest BCUT2D eigenvalue weighted by molar-refractivity contribution is -0.136. The second-order valence-electron chi connectivity index (χ2n) is 6.58. The van der Waals surface area contributed by atoms with Crippen molar-refractivity contribution in [3.63, 3.8) is 0 Å². The van der Waals surface area contributed by atoms with Crippen LogP contribution >= 0.6 is 0 Å². The van der Waals surface area contributed by atoms with E-state index in [2.05, 4.69) is 10.6 Å². The largest absolute Gasteiger partial charge is 0.495 e. The highest BCUT2D eigenvalue weighted by molar-refractivity contribution is 6.09. The third-order valence-electron chi connectivity index (χ3n) is 4.59. The number of aliphatic hydroxyl groups excluding tert-OH is 1. The summed E-state index contributed by atoms with van der Waals surface area (Å²) < 4.78 is 10.1. The molecule has 9 heteroatoms. The number of nitrogens with one attached hydrogen (secondary N) is 2. The average Bonchev–Trinajstić information content (AvgIpc) is 3.47. The van der Waals surface area contributed by atoms with E-state index in [1.54, 1.807) is 18.2 Å². The molecule has 0 aromatic heterocycles. The molecule has 1 fully saturated rings. The standard InChI is InChI=1S/C19H23N3O6/c1-27-15-6-3-11(17(24)20-12-4-5-12)9-14(15)21-16-13(19(26)28-2)10-22(7-8-23)18(16)25/h3,6,9,12,21,23H,4-5,7-8,10H2,1-2H3,(H,20,24). The van der Waals surface area contributed by atoms with Gasteiger partial charge in [0.05, 0.1) is 38.6 Å². The quantitative estimate of drug-likeness (QED) is 0.546. The van der Waals surface area contributed by atoms with Crippen molar-refractivity contribution >= 4 is 23.5 Å². The van der Waals surface area contributed by atoms with Gasteiger partial charge in [-0.1, -0.05) is 0 Å². The van der Waals surface area contributed by atoms with Gasteiger partial charge in [-0.3, -0.25) is 9.59 Å². The van der Waals surface area contributed by atoms with Gasteiger partial charge in [0.15, 0.2) is 0 Å². The van der Waals surface area contributed by atoms with Crippen molar-refractivity contribution in [3.05, 3.63) is 35.0 Å². The number of ether oxygens (including phenoxy) is 2. The first kappa shape index (κ1) is 19.7. The van der Waals surface area contributed by atoms with E-state index in [9.17, 15) is 14.4 Å². The van der Waals surface area contributed by atoms with E-state index in [0.29, 0.717) is 17.0 Å². The van der Waals surface area contributed by atoms with Gasteiger partial charge in [0.25, 0.3) is 11.8 Å². The Morgan fingerprint density at radius 1 is 1.29 bits per heavy atom. The van der Waals surface area contributed by atoms with Crippen molar-refractivity contribution in [2.45, 2.75) is 18.9 Å². The normalized spacial score (nSPS) is 16.2. The third kappa shape index (κ3) is 4.09. The Morgan fingerprint density at radius 3 is 2.64 bits per heavy atom. The molecule has 0 unspecified atom stereocenters. The molecular formula is C19H23N3O6. The van der Waals surface area contributed by atoms with Crippen LogP contribution in [0.4, 0.5) is 5.69 Å². The summed E-state index contributed by atoms with van der Waals surface area (Å²) in [6.07, 6.45) is 1.94. The second kappa shape index (κ2) is 8.30. The number of β-amino-alcohol motifs (C(OH)–C–C–N with tert-alkyl or cyclic N) is 1. The minimum absolute atomic E-state index is 0.0264. The number of carbonyl (C=O) groups excluding carboxylic acids is 3. The number of aliphatic hydroxyl groups is 1. The van der Waals surface area contributed by atoms with Gasteiger partial charge in [0, 0.05) is 18.2 Å². The number of benzene rings is 1. The number of methoxy groups -OCH3 is 2. The topological polar surface area (TPSA) is 117 Å². The van der Waals surface area contributed by atoms with Crippen LogP contribution in [0, 0.1) is 0 Å². The van der Waals surface area contributed by atoms with Gasteiger partial charge in [0.1, 0.15) is 11.4 Å². The Morgan fingerprint density at radius 2 is 2.04 bits per heavy atom. The Hall–Kier alpha value is -3.07. The van der Waals surface area contributed by atoms with Crippen molar-refractivity contribution in [1.82, 2.24) is 10.2 Å². The Labute approximate surface area is 162 Å². The SMILES string of the molecule is COC(=O)C1=C(Nc2cc(C(=O)NC3CC3)ccc2OC)C(=O)N(CCO)C1. The van der Waals surface area contributed by atoms with Gasteiger partial charge in [-0.2, -0.15) is 0 Å². The highest BCUT2D eigenvalue weighted by Crippen LogP contribution is 2.30. The minimum Gasteiger partial charge on any atom is -0.495 e. The Bertz CT molecular complexity index is 831. The van der Waals surface area contributed by atoms with Crippen LogP contribution in [0.5, 0.6) is 5.75 Å². The zero-order valence-corrected chi connectivity index (χ0v) is 15.8. The average molecular weight is 389 g/mol. The molecule has 1 saturated carbocycles. The van der Waals surface area contributed by atoms with Crippen LogP contribution in [-0.4, -0.2) is 67.7 Å². The Kier molecular flexibility index (Phi) is 5.84. The summed E-state index contributed by atoms with van der Waals surface area (Å²) in [7, 11) is 2.70. The van der Waals surface area contributed by atoms with Crippen LogP contribution in [0.2, 0.25) is 0 Å². The minimum atomic E-state index is -0.641. The van der Waals surface area contributed by atoms with E-state index in [0.717, 1.165) is 12.8 Å².